The summed E-state index contributed by atoms with van der Waals surface area (Å²) in [5.74, 6) is -4.41. The molecule has 8 heteroatoms. The number of benzene rings is 1. The smallest absolute Gasteiger partial charge is 0.319 e. The lowest BCUT2D eigenvalue weighted by atomic mass is 10.3. The molecule has 1 heterocycles. The molecule has 0 aliphatic heterocycles. The van der Waals surface area contributed by atoms with Gasteiger partial charge in [-0.15, -0.1) is 0 Å². The molecule has 0 amide bonds. The Bertz CT molecular complexity index is 582. The van der Waals surface area contributed by atoms with Crippen molar-refractivity contribution in [2.24, 2.45) is 0 Å². The first kappa shape index (κ1) is 13.3. The van der Waals surface area contributed by atoms with Gasteiger partial charge in [-0.3, -0.25) is 4.57 Å². The highest BCUT2D eigenvalue weighted by atomic mass is 19.3. The number of rotatable bonds is 4. The van der Waals surface area contributed by atoms with Gasteiger partial charge in [0.1, 0.15) is 5.82 Å². The second-order valence-electron chi connectivity index (χ2n) is 3.60. The zero-order valence-electron chi connectivity index (χ0n) is 9.38. The highest BCUT2D eigenvalue weighted by molar-refractivity contribution is 5.45. The maximum atomic E-state index is 13.3. The van der Waals surface area contributed by atoms with Gasteiger partial charge in [0.05, 0.1) is 12.2 Å². The standard InChI is InChI=1S/C11H8F5N3/c12-6-1-2-7(10(14)9(6)13)18-5-8-17-3-4-19(8)11(15)16/h1-4,11,18H,5H2. The molecule has 0 aliphatic rings. The van der Waals surface area contributed by atoms with Gasteiger partial charge in [-0.2, -0.15) is 8.78 Å². The van der Waals surface area contributed by atoms with Crippen molar-refractivity contribution in [1.29, 1.82) is 0 Å². The van der Waals surface area contributed by atoms with Gasteiger partial charge in [0, 0.05) is 12.4 Å². The van der Waals surface area contributed by atoms with E-state index in [-0.39, 0.29) is 18.1 Å². The summed E-state index contributed by atoms with van der Waals surface area (Å²) >= 11 is 0. The summed E-state index contributed by atoms with van der Waals surface area (Å²) in [6.45, 7) is -3.03. The first-order valence-corrected chi connectivity index (χ1v) is 5.18. The second kappa shape index (κ2) is 5.25. The van der Waals surface area contributed by atoms with Gasteiger partial charge >= 0.3 is 6.55 Å². The lowest BCUT2D eigenvalue weighted by Crippen LogP contribution is -2.10. The molecule has 0 fully saturated rings. The summed E-state index contributed by atoms with van der Waals surface area (Å²) < 4.78 is 64.5. The van der Waals surface area contributed by atoms with Gasteiger partial charge in [-0.05, 0) is 12.1 Å². The second-order valence-corrected chi connectivity index (χ2v) is 3.60. The minimum absolute atomic E-state index is 0.0564. The van der Waals surface area contributed by atoms with Crippen molar-refractivity contribution < 1.29 is 22.0 Å². The van der Waals surface area contributed by atoms with Crippen LogP contribution in [-0.4, -0.2) is 9.55 Å². The van der Waals surface area contributed by atoms with E-state index in [0.717, 1.165) is 24.5 Å². The molecule has 2 aromatic rings. The van der Waals surface area contributed by atoms with Crippen LogP contribution in [0.4, 0.5) is 27.6 Å². The SMILES string of the molecule is Fc1ccc(NCc2nccn2C(F)F)c(F)c1F. The van der Waals surface area contributed by atoms with Crippen LogP contribution in [0.2, 0.25) is 0 Å². The van der Waals surface area contributed by atoms with Crippen LogP contribution in [0.5, 0.6) is 0 Å². The molecule has 102 valence electrons. The van der Waals surface area contributed by atoms with Crippen molar-refractivity contribution in [2.75, 3.05) is 5.32 Å². The van der Waals surface area contributed by atoms with E-state index in [1.807, 2.05) is 0 Å². The first-order chi connectivity index (χ1) is 9.00. The molecular weight excluding hydrogens is 269 g/mol. The number of halogens is 5. The number of aromatic nitrogens is 2. The number of hydrogen-bond donors (Lipinski definition) is 1. The molecule has 0 saturated carbocycles. The van der Waals surface area contributed by atoms with E-state index in [1.54, 1.807) is 0 Å². The van der Waals surface area contributed by atoms with Crippen LogP contribution in [-0.2, 0) is 6.54 Å². The van der Waals surface area contributed by atoms with Crippen molar-refractivity contribution >= 4 is 5.69 Å². The van der Waals surface area contributed by atoms with Gasteiger partial charge in [-0.25, -0.2) is 18.2 Å². The van der Waals surface area contributed by atoms with Crippen LogP contribution in [0.3, 0.4) is 0 Å². The van der Waals surface area contributed by atoms with Crippen LogP contribution in [0.25, 0.3) is 0 Å². The average Bonchev–Trinajstić information content (AvgIpc) is 2.84. The van der Waals surface area contributed by atoms with E-state index in [2.05, 4.69) is 10.3 Å². The molecule has 19 heavy (non-hydrogen) atoms. The molecule has 0 spiro atoms. The van der Waals surface area contributed by atoms with Crippen LogP contribution >= 0.6 is 0 Å². The predicted molar refractivity (Wildman–Crippen MR) is 57.1 cm³/mol. The third-order valence-corrected chi connectivity index (χ3v) is 2.43. The summed E-state index contributed by atoms with van der Waals surface area (Å²) in [6.07, 6.45) is 2.22. The van der Waals surface area contributed by atoms with Crippen LogP contribution in [0, 0.1) is 17.5 Å². The van der Waals surface area contributed by atoms with E-state index in [9.17, 15) is 22.0 Å². The predicted octanol–water partition coefficient (Wildman–Crippen LogP) is 3.31. The quantitative estimate of drug-likeness (QED) is 0.686. The molecule has 0 atom stereocenters. The summed E-state index contributed by atoms with van der Waals surface area (Å²) in [4.78, 5) is 3.65. The topological polar surface area (TPSA) is 29.9 Å². The van der Waals surface area contributed by atoms with E-state index >= 15 is 0 Å². The van der Waals surface area contributed by atoms with Crippen molar-refractivity contribution in [3.63, 3.8) is 0 Å². The Labute approximate surface area is 104 Å². The van der Waals surface area contributed by atoms with Crippen molar-refractivity contribution in [2.45, 2.75) is 13.1 Å². The van der Waals surface area contributed by atoms with Gasteiger partial charge < -0.3 is 5.32 Å². The Kier molecular flexibility index (Phi) is 3.68. The Hall–Kier alpha value is -2.12. The van der Waals surface area contributed by atoms with E-state index in [0.29, 0.717) is 4.57 Å². The number of anilines is 1. The molecule has 0 aliphatic carbocycles. The fourth-order valence-corrected chi connectivity index (χ4v) is 1.50. The lowest BCUT2D eigenvalue weighted by molar-refractivity contribution is 0.0673. The number of alkyl halides is 2. The van der Waals surface area contributed by atoms with E-state index in [1.165, 1.54) is 0 Å². The molecule has 0 saturated heterocycles. The normalized spacial score (nSPS) is 11.1. The zero-order valence-corrected chi connectivity index (χ0v) is 9.38. The van der Waals surface area contributed by atoms with Crippen LogP contribution in [0.1, 0.15) is 12.4 Å². The highest BCUT2D eigenvalue weighted by Gasteiger charge is 2.15. The minimum Gasteiger partial charge on any atom is -0.375 e. The monoisotopic (exact) mass is 277 g/mol. The van der Waals surface area contributed by atoms with Crippen molar-refractivity contribution in [3.05, 3.63) is 47.8 Å². The average molecular weight is 277 g/mol. The summed E-state index contributed by atoms with van der Waals surface area (Å²) in [5, 5.41) is 2.38. The molecule has 0 radical (unpaired) electrons. The largest absolute Gasteiger partial charge is 0.375 e. The number of imidazole rings is 1. The Balaban J connectivity index is 2.15. The molecule has 1 aromatic carbocycles. The van der Waals surface area contributed by atoms with Crippen molar-refractivity contribution in [1.82, 2.24) is 9.55 Å². The molecule has 1 N–H and O–H groups in total. The molecular formula is C11H8F5N3. The number of nitrogens with zero attached hydrogens (tertiary/aromatic N) is 2. The van der Waals surface area contributed by atoms with Crippen LogP contribution < -0.4 is 5.32 Å². The summed E-state index contributed by atoms with van der Waals surface area (Å²) in [5.41, 5.74) is -0.331. The first-order valence-electron chi connectivity index (χ1n) is 5.18. The summed E-state index contributed by atoms with van der Waals surface area (Å²) in [6, 6.07) is 1.71. The third-order valence-electron chi connectivity index (χ3n) is 2.43. The highest BCUT2D eigenvalue weighted by Crippen LogP contribution is 2.20. The van der Waals surface area contributed by atoms with Gasteiger partial charge in [0.25, 0.3) is 0 Å². The fraction of sp³-hybridized carbons (Fsp3) is 0.182. The molecule has 2 rings (SSSR count). The maximum absolute atomic E-state index is 13.3. The van der Waals surface area contributed by atoms with Gasteiger partial charge in [0.2, 0.25) is 0 Å². The molecule has 1 aromatic heterocycles. The lowest BCUT2D eigenvalue weighted by Gasteiger charge is -2.10. The van der Waals surface area contributed by atoms with Crippen LogP contribution in [0.15, 0.2) is 24.5 Å². The summed E-state index contributed by atoms with van der Waals surface area (Å²) in [7, 11) is 0. The third kappa shape index (κ3) is 2.67. The van der Waals surface area contributed by atoms with Gasteiger partial charge in [-0.1, -0.05) is 0 Å². The molecule has 0 bridgehead atoms. The zero-order chi connectivity index (χ0) is 14.0. The fourth-order valence-electron chi connectivity index (χ4n) is 1.50. The Morgan fingerprint density at radius 1 is 1.16 bits per heavy atom. The van der Waals surface area contributed by atoms with Crippen molar-refractivity contribution in [3.8, 4) is 0 Å². The van der Waals surface area contributed by atoms with E-state index in [4.69, 9.17) is 0 Å². The Morgan fingerprint density at radius 3 is 2.58 bits per heavy atom. The molecule has 3 nitrogen and oxygen atoms in total. The van der Waals surface area contributed by atoms with Gasteiger partial charge in [0.15, 0.2) is 17.5 Å². The minimum atomic E-state index is -2.78. The van der Waals surface area contributed by atoms with E-state index < -0.39 is 24.0 Å². The Morgan fingerprint density at radius 2 is 1.89 bits per heavy atom. The maximum Gasteiger partial charge on any atom is 0.319 e. The molecule has 0 unspecified atom stereocenters. The number of hydrogen-bond acceptors (Lipinski definition) is 2. The number of nitrogens with one attached hydrogen (secondary N) is 1.